The molecule has 111 heavy (non-hydrogen) atoms. The van der Waals surface area contributed by atoms with E-state index >= 15 is 0 Å². The van der Waals surface area contributed by atoms with Crippen LogP contribution in [0.5, 0.6) is 0 Å². The Kier molecular flexibility index (Phi) is 15.4. The van der Waals surface area contributed by atoms with Crippen LogP contribution in [-0.2, 0) is 92.7 Å². The van der Waals surface area contributed by atoms with Crippen molar-refractivity contribution in [2.45, 2.75) is 224 Å². The van der Waals surface area contributed by atoms with Crippen molar-refractivity contribution in [3.05, 3.63) is 299 Å². The molecule has 0 spiro atoms. The average molecular weight is 1470 g/mol. The summed E-state index contributed by atoms with van der Waals surface area (Å²) in [6, 6.07) is 52.9. The summed E-state index contributed by atoms with van der Waals surface area (Å²) in [5, 5.41) is 0. The first kappa shape index (κ1) is 65.9. The summed E-state index contributed by atoms with van der Waals surface area (Å²) in [6.07, 6.45) is 9.86. The molecule has 0 saturated heterocycles. The number of benzene rings is 7. The number of hydrogen-bond acceptors (Lipinski definition) is 1. The Bertz CT molecular complexity index is 6340. The van der Waals surface area contributed by atoms with Gasteiger partial charge in [-0.05, 0) is 255 Å². The van der Waals surface area contributed by atoms with Crippen LogP contribution in [0.4, 0.5) is 0 Å². The number of aromatic nitrogens is 5. The Hall–Kier alpha value is -9.71. The summed E-state index contributed by atoms with van der Waals surface area (Å²) >= 11 is 0. The summed E-state index contributed by atoms with van der Waals surface area (Å²) in [4.78, 5) is 4.72. The van der Waals surface area contributed by atoms with Gasteiger partial charge >= 0.3 is 0 Å². The molecule has 0 bridgehead atoms. The molecule has 19 rings (SSSR count). The van der Waals surface area contributed by atoms with E-state index in [4.69, 9.17) is 16.0 Å². The smallest absolute Gasteiger partial charge is 0.216 e. The standard InChI is InChI=1S/2C27H30N.C26H31N2.C26H28N/c1-16-12-22-25(28(7)15-16)24-17(2)23-19(13-18-10-8-9-11-20(18)23)14-21(24)26(3,4)27(22,5)6;1-16-12-13-28(7)25-23-17(2)22-19(14-18-10-8-9-11-20(18)22)15-21(23)26(3,4)27(5,6)24(16)25;1-16-15-28(7)24(13-20(16)14-26(4,5)6)21-11-9-19-12-23-22(25(19)18(21)3)10-8-17(2)27-23;1-16-22-18(14-17-10-7-8-11-19(17)22)15-21-23(16)24-20(12-9-13-27(24)6)25(2,3)26(21,4)5/h8-12,14-15H,13H2,1-7H3;8-13,15H,14H2,1-7H3;8-11,13,15H,12,14H2,1-7H3;7-13,15H,14H2,1-6H3/q4*+1/i1D3;;1D3,14D2;. The maximum atomic E-state index is 8.86. The van der Waals surface area contributed by atoms with Crippen LogP contribution in [0.3, 0.4) is 0 Å². The zero-order valence-corrected chi connectivity index (χ0v) is 70.7. The van der Waals surface area contributed by atoms with Gasteiger partial charge in [-0.2, -0.15) is 0 Å². The van der Waals surface area contributed by atoms with E-state index in [0.29, 0.717) is 5.56 Å². The number of pyridine rings is 5. The maximum Gasteiger partial charge on any atom is 0.216 e. The van der Waals surface area contributed by atoms with E-state index in [9.17, 15) is 0 Å². The molecule has 7 aromatic carbocycles. The molecule has 0 saturated carbocycles. The quantitative estimate of drug-likeness (QED) is 0.159. The highest BCUT2D eigenvalue weighted by molar-refractivity contribution is 5.92. The van der Waals surface area contributed by atoms with Crippen molar-refractivity contribution in [1.82, 2.24) is 4.98 Å². The molecule has 5 heteroatoms. The van der Waals surface area contributed by atoms with E-state index in [1.54, 1.807) is 39.2 Å². The van der Waals surface area contributed by atoms with Crippen LogP contribution >= 0.6 is 0 Å². The lowest BCUT2D eigenvalue weighted by atomic mass is 9.54. The lowest BCUT2D eigenvalue weighted by Crippen LogP contribution is -2.48. The third kappa shape index (κ3) is 11.3. The molecule has 5 nitrogen and oxygen atoms in total. The minimum atomic E-state index is -2.42. The zero-order chi connectivity index (χ0) is 86.2. The predicted molar refractivity (Wildman–Crippen MR) is 462 cm³/mol. The fourth-order valence-corrected chi connectivity index (χ4v) is 20.9. The summed E-state index contributed by atoms with van der Waals surface area (Å²) < 4.78 is 74.4. The van der Waals surface area contributed by atoms with Crippen molar-refractivity contribution >= 4 is 0 Å². The van der Waals surface area contributed by atoms with Crippen molar-refractivity contribution < 1.29 is 29.2 Å². The highest BCUT2D eigenvalue weighted by Crippen LogP contribution is 2.61. The molecule has 0 radical (unpaired) electrons. The van der Waals surface area contributed by atoms with Gasteiger partial charge in [-0.3, -0.25) is 4.98 Å². The third-order valence-corrected chi connectivity index (χ3v) is 28.7. The first-order valence-corrected chi connectivity index (χ1v) is 40.3. The molecule has 12 aromatic rings. The molecule has 5 heterocycles. The molecule has 0 N–H and O–H groups in total. The van der Waals surface area contributed by atoms with Gasteiger partial charge in [0, 0.05) is 96.5 Å². The van der Waals surface area contributed by atoms with Gasteiger partial charge in [0.25, 0.3) is 0 Å². The van der Waals surface area contributed by atoms with Crippen molar-refractivity contribution in [2.24, 2.45) is 33.6 Å². The fourth-order valence-electron chi connectivity index (χ4n) is 20.9. The SMILES string of the molecule is Cc1c2c(cc3c1-c1c(ccc[n+]1C)C(C)(C)C3(C)C)Cc1ccccc1-2.Cc1cc[n+](C)c2c1C(C)(C)C(C)(C)c1cc3c(c(C)c1-2)-c1ccccc1C3.[2H]C([2H])([2H])c1c[n+](C)c(-c2ccc3c(c2C)-c2ccc(C)nc2C3)cc1C([2H])([2H])C(C)(C)C.[2H]C([2H])([2H])c1cc2c([n+](C)c1)-c1c(cc3c(c1C)-c1ccccc1C3)C(C)(C)C2(C)C. The van der Waals surface area contributed by atoms with Gasteiger partial charge in [0.05, 0.1) is 22.4 Å². The van der Waals surface area contributed by atoms with Crippen molar-refractivity contribution in [2.75, 3.05) is 0 Å². The largest absolute Gasteiger partial charge is 0.257 e. The Balaban J connectivity index is 0.000000119. The molecule has 0 fully saturated rings. The average Bonchev–Trinajstić information content (AvgIpc) is 1.70. The van der Waals surface area contributed by atoms with Crippen LogP contribution < -0.4 is 18.3 Å². The minimum absolute atomic E-state index is 0.0532. The molecule has 5 aromatic heterocycles. The van der Waals surface area contributed by atoms with E-state index in [-0.39, 0.29) is 43.6 Å². The van der Waals surface area contributed by atoms with Crippen LogP contribution in [0.25, 0.3) is 89.5 Å². The zero-order valence-electron chi connectivity index (χ0n) is 78.7. The first-order chi connectivity index (χ1) is 55.4. The Labute approximate surface area is 675 Å². The number of hydrogen-bond donors (Lipinski definition) is 0. The van der Waals surface area contributed by atoms with E-state index in [1.165, 1.54) is 156 Å². The van der Waals surface area contributed by atoms with E-state index in [0.717, 1.165) is 70.7 Å². The van der Waals surface area contributed by atoms with Crippen LogP contribution in [0.1, 0.15) is 243 Å². The topological polar surface area (TPSA) is 28.4 Å². The van der Waals surface area contributed by atoms with Gasteiger partial charge in [0.1, 0.15) is 28.2 Å². The fraction of sp³-hybridized carbons (Fsp3) is 0.368. The van der Waals surface area contributed by atoms with Gasteiger partial charge in [-0.15, -0.1) is 0 Å². The third-order valence-electron chi connectivity index (χ3n) is 28.7. The molecule has 564 valence electrons. The molecular weight excluding hydrogens is 1340 g/mol. The Morgan fingerprint density at radius 1 is 0.369 bits per heavy atom. The number of fused-ring (bicyclic) bond motifs is 21. The number of nitrogens with zero attached hydrogens (tertiary/aromatic N) is 5. The van der Waals surface area contributed by atoms with E-state index < -0.39 is 25.5 Å². The second kappa shape index (κ2) is 25.9. The van der Waals surface area contributed by atoms with Gasteiger partial charge in [0.2, 0.25) is 22.8 Å². The minimum Gasteiger partial charge on any atom is -0.257 e. The van der Waals surface area contributed by atoms with Crippen LogP contribution in [0.15, 0.2) is 170 Å². The molecule has 0 aliphatic heterocycles. The highest BCUT2D eigenvalue weighted by atomic mass is 15.0. The normalized spacial score (nSPS) is 17.8. The van der Waals surface area contributed by atoms with Crippen LogP contribution in [0.2, 0.25) is 0 Å². The predicted octanol–water partition coefficient (Wildman–Crippen LogP) is 23.2. The second-order valence-electron chi connectivity index (χ2n) is 37.8. The van der Waals surface area contributed by atoms with E-state index in [1.807, 2.05) is 42.3 Å². The molecule has 7 aliphatic rings. The van der Waals surface area contributed by atoms with Gasteiger partial charge in [0.15, 0.2) is 24.8 Å². The lowest BCUT2D eigenvalue weighted by molar-refractivity contribution is -0.661. The highest BCUT2D eigenvalue weighted by Gasteiger charge is 2.54. The second-order valence-corrected chi connectivity index (χ2v) is 37.8. The lowest BCUT2D eigenvalue weighted by Gasteiger charge is -2.48. The van der Waals surface area contributed by atoms with E-state index in [2.05, 4.69) is 281 Å². The number of rotatable bonds is 2. The first-order valence-electron chi connectivity index (χ1n) is 44.3. The Morgan fingerprint density at radius 3 is 1.34 bits per heavy atom. The Morgan fingerprint density at radius 2 is 0.829 bits per heavy atom. The van der Waals surface area contributed by atoms with Crippen molar-refractivity contribution in [3.8, 4) is 89.5 Å². The van der Waals surface area contributed by atoms with Crippen molar-refractivity contribution in [3.63, 3.8) is 0 Å². The molecule has 0 atom stereocenters. The molecular formula is C106H119N5+4. The molecule has 0 unspecified atom stereocenters. The van der Waals surface area contributed by atoms with Gasteiger partial charge < -0.3 is 0 Å². The van der Waals surface area contributed by atoms with Crippen LogP contribution in [0, 0.1) is 60.7 Å². The molecule has 7 aliphatic carbocycles. The monoisotopic (exact) mass is 1470 g/mol. The van der Waals surface area contributed by atoms with Gasteiger partial charge in [-0.1, -0.05) is 207 Å². The van der Waals surface area contributed by atoms with Crippen LogP contribution in [-0.4, -0.2) is 4.98 Å². The number of aryl methyl sites for hydroxylation is 8. The van der Waals surface area contributed by atoms with Crippen molar-refractivity contribution in [1.29, 1.82) is 0 Å². The molecule has 0 amide bonds. The summed E-state index contributed by atoms with van der Waals surface area (Å²) in [5.74, 6) is 0. The maximum absolute atomic E-state index is 8.86. The summed E-state index contributed by atoms with van der Waals surface area (Å²) in [6.45, 7) is 42.7. The van der Waals surface area contributed by atoms with Gasteiger partial charge in [-0.25, -0.2) is 18.3 Å². The summed E-state index contributed by atoms with van der Waals surface area (Å²) in [7, 11) is 8.22. The summed E-state index contributed by atoms with van der Waals surface area (Å²) in [5.41, 5.74) is 47.7.